The van der Waals surface area contributed by atoms with Crippen LogP contribution in [0.4, 0.5) is 17.3 Å². The van der Waals surface area contributed by atoms with Crippen LogP contribution in [-0.4, -0.2) is 57.2 Å². The standard InChI is InChI=1S/C23H25N7S/c1-2-22(26-12-16(1)29-8-6-24-7-9-29)28-23-11-20-19(13-27-23)18-3-5-25-14-21(18)30(20)17-4-10-31-15-17/h1-3,5,11-14,17,24H,4,6-10,15H2,(H,26,27,28). The number of fused-ring (bicyclic) bond motifs is 3. The van der Waals surface area contributed by atoms with Crippen molar-refractivity contribution in [1.29, 1.82) is 0 Å². The van der Waals surface area contributed by atoms with Crippen molar-refractivity contribution in [1.82, 2.24) is 24.8 Å². The third kappa shape index (κ3) is 3.49. The highest BCUT2D eigenvalue weighted by Gasteiger charge is 2.22. The summed E-state index contributed by atoms with van der Waals surface area (Å²) in [4.78, 5) is 16.1. The van der Waals surface area contributed by atoms with Crippen LogP contribution < -0.4 is 15.5 Å². The molecule has 2 saturated heterocycles. The van der Waals surface area contributed by atoms with E-state index in [1.807, 2.05) is 42.6 Å². The van der Waals surface area contributed by atoms with Gasteiger partial charge in [0.25, 0.3) is 0 Å². The molecule has 6 rings (SSSR count). The summed E-state index contributed by atoms with van der Waals surface area (Å²) in [6.45, 7) is 4.08. The second kappa shape index (κ2) is 8.01. The first kappa shape index (κ1) is 18.9. The molecule has 2 aliphatic heterocycles. The van der Waals surface area contributed by atoms with Crippen molar-refractivity contribution in [3.05, 3.63) is 49.1 Å². The minimum atomic E-state index is 0.501. The van der Waals surface area contributed by atoms with Crippen molar-refractivity contribution in [2.45, 2.75) is 12.5 Å². The fourth-order valence-electron chi connectivity index (χ4n) is 4.68. The fourth-order valence-corrected chi connectivity index (χ4v) is 5.87. The molecule has 4 aromatic heterocycles. The van der Waals surface area contributed by atoms with Gasteiger partial charge in [-0.25, -0.2) is 9.97 Å². The summed E-state index contributed by atoms with van der Waals surface area (Å²) in [5, 5.41) is 9.19. The number of pyridine rings is 3. The van der Waals surface area contributed by atoms with E-state index in [1.54, 1.807) is 0 Å². The Kier molecular flexibility index (Phi) is 4.88. The molecule has 7 nitrogen and oxygen atoms in total. The molecule has 0 bridgehead atoms. The highest BCUT2D eigenvalue weighted by molar-refractivity contribution is 7.99. The van der Waals surface area contributed by atoms with Crippen LogP contribution in [0.3, 0.4) is 0 Å². The molecule has 2 aliphatic rings. The lowest BCUT2D eigenvalue weighted by molar-refractivity contribution is 0.589. The van der Waals surface area contributed by atoms with E-state index in [4.69, 9.17) is 4.98 Å². The quantitative estimate of drug-likeness (QED) is 0.509. The van der Waals surface area contributed by atoms with Crippen LogP contribution in [0.5, 0.6) is 0 Å². The van der Waals surface area contributed by atoms with Crippen molar-refractivity contribution >= 4 is 50.9 Å². The van der Waals surface area contributed by atoms with Crippen LogP contribution in [0.1, 0.15) is 12.5 Å². The van der Waals surface area contributed by atoms with Crippen LogP contribution >= 0.6 is 11.8 Å². The second-order valence-electron chi connectivity index (χ2n) is 8.13. The Morgan fingerprint density at radius 2 is 1.87 bits per heavy atom. The van der Waals surface area contributed by atoms with Gasteiger partial charge in [0.05, 0.1) is 29.1 Å². The van der Waals surface area contributed by atoms with Gasteiger partial charge in [-0.1, -0.05) is 0 Å². The van der Waals surface area contributed by atoms with Gasteiger partial charge in [-0.3, -0.25) is 4.98 Å². The molecule has 2 N–H and O–H groups in total. The molecule has 1 atom stereocenters. The Morgan fingerprint density at radius 3 is 2.68 bits per heavy atom. The molecular formula is C23H25N7S. The maximum Gasteiger partial charge on any atom is 0.133 e. The van der Waals surface area contributed by atoms with Gasteiger partial charge in [-0.05, 0) is 30.4 Å². The van der Waals surface area contributed by atoms with Crippen molar-refractivity contribution in [3.8, 4) is 0 Å². The highest BCUT2D eigenvalue weighted by atomic mass is 32.2. The second-order valence-corrected chi connectivity index (χ2v) is 9.28. The number of thioether (sulfide) groups is 1. The number of anilines is 3. The number of nitrogens with one attached hydrogen (secondary N) is 2. The summed E-state index contributed by atoms with van der Waals surface area (Å²) < 4.78 is 2.46. The van der Waals surface area contributed by atoms with Gasteiger partial charge in [0.15, 0.2) is 0 Å². The predicted octanol–water partition coefficient (Wildman–Crippen LogP) is 3.81. The molecule has 0 spiro atoms. The number of nitrogens with zero attached hydrogens (tertiary/aromatic N) is 5. The number of rotatable bonds is 4. The topological polar surface area (TPSA) is 70.9 Å². The molecule has 0 amide bonds. The molecule has 0 aliphatic carbocycles. The minimum Gasteiger partial charge on any atom is -0.368 e. The molecule has 0 radical (unpaired) electrons. The maximum absolute atomic E-state index is 4.70. The third-order valence-electron chi connectivity index (χ3n) is 6.25. The SMILES string of the molecule is c1cc2c3cnc(Nc4ccc(N5CCNCC5)cn4)cc3n(C3CCSC3)c2cn1. The van der Waals surface area contributed by atoms with Gasteiger partial charge in [-0.15, -0.1) is 0 Å². The zero-order chi connectivity index (χ0) is 20.6. The lowest BCUT2D eigenvalue weighted by Gasteiger charge is -2.29. The van der Waals surface area contributed by atoms with E-state index in [1.165, 1.54) is 39.7 Å². The Balaban J connectivity index is 1.33. The van der Waals surface area contributed by atoms with Crippen molar-refractivity contribution < 1.29 is 0 Å². The van der Waals surface area contributed by atoms with Crippen molar-refractivity contribution in [2.75, 3.05) is 47.9 Å². The zero-order valence-electron chi connectivity index (χ0n) is 17.3. The molecule has 2 fully saturated rings. The number of hydrogen-bond acceptors (Lipinski definition) is 7. The molecule has 6 heterocycles. The highest BCUT2D eigenvalue weighted by Crippen LogP contribution is 2.37. The van der Waals surface area contributed by atoms with Gasteiger partial charge in [0.1, 0.15) is 11.6 Å². The normalized spacial score (nSPS) is 19.4. The van der Waals surface area contributed by atoms with E-state index in [0.29, 0.717) is 6.04 Å². The lowest BCUT2D eigenvalue weighted by Crippen LogP contribution is -2.43. The first-order valence-electron chi connectivity index (χ1n) is 10.9. The Labute approximate surface area is 185 Å². The van der Waals surface area contributed by atoms with Gasteiger partial charge in [-0.2, -0.15) is 11.8 Å². The van der Waals surface area contributed by atoms with Crippen LogP contribution in [-0.2, 0) is 0 Å². The van der Waals surface area contributed by atoms with Crippen LogP contribution in [0.2, 0.25) is 0 Å². The first-order chi connectivity index (χ1) is 15.4. The largest absolute Gasteiger partial charge is 0.368 e. The van der Waals surface area contributed by atoms with Gasteiger partial charge in [0, 0.05) is 67.2 Å². The van der Waals surface area contributed by atoms with Gasteiger partial charge < -0.3 is 20.1 Å². The molecule has 31 heavy (non-hydrogen) atoms. The van der Waals surface area contributed by atoms with Crippen LogP contribution in [0, 0.1) is 0 Å². The van der Waals surface area contributed by atoms with Crippen molar-refractivity contribution in [2.24, 2.45) is 0 Å². The van der Waals surface area contributed by atoms with Crippen LogP contribution in [0.15, 0.2) is 49.1 Å². The van der Waals surface area contributed by atoms with Gasteiger partial charge in [0.2, 0.25) is 0 Å². The van der Waals surface area contributed by atoms with Gasteiger partial charge >= 0.3 is 0 Å². The van der Waals surface area contributed by atoms with E-state index < -0.39 is 0 Å². The summed E-state index contributed by atoms with van der Waals surface area (Å²) in [5.74, 6) is 3.99. The summed E-state index contributed by atoms with van der Waals surface area (Å²) in [6, 6.07) is 8.93. The van der Waals surface area contributed by atoms with E-state index >= 15 is 0 Å². The van der Waals surface area contributed by atoms with E-state index in [-0.39, 0.29) is 0 Å². The molecule has 1 unspecified atom stereocenters. The predicted molar refractivity (Wildman–Crippen MR) is 129 cm³/mol. The lowest BCUT2D eigenvalue weighted by atomic mass is 10.2. The monoisotopic (exact) mass is 431 g/mol. The summed E-state index contributed by atoms with van der Waals surface area (Å²) in [7, 11) is 0. The zero-order valence-corrected chi connectivity index (χ0v) is 18.1. The Morgan fingerprint density at radius 1 is 0.968 bits per heavy atom. The molecule has 0 saturated carbocycles. The Hall–Kier alpha value is -2.84. The average Bonchev–Trinajstić information content (AvgIpc) is 3.46. The molecule has 158 valence electrons. The number of aromatic nitrogens is 4. The summed E-state index contributed by atoms with van der Waals surface area (Å²) in [6.07, 6.45) is 8.98. The summed E-state index contributed by atoms with van der Waals surface area (Å²) in [5.41, 5.74) is 3.58. The molecular weight excluding hydrogens is 406 g/mol. The third-order valence-corrected chi connectivity index (χ3v) is 7.39. The molecule has 0 aromatic carbocycles. The number of hydrogen-bond donors (Lipinski definition) is 2. The summed E-state index contributed by atoms with van der Waals surface area (Å²) >= 11 is 2.03. The maximum atomic E-state index is 4.70. The van der Waals surface area contributed by atoms with Crippen molar-refractivity contribution in [3.63, 3.8) is 0 Å². The van der Waals surface area contributed by atoms with E-state index in [9.17, 15) is 0 Å². The average molecular weight is 432 g/mol. The van der Waals surface area contributed by atoms with E-state index in [0.717, 1.165) is 43.6 Å². The molecule has 4 aromatic rings. The smallest absolute Gasteiger partial charge is 0.133 e. The fraction of sp³-hybridized carbons (Fsp3) is 0.348. The Bertz CT molecular complexity index is 1210. The molecule has 8 heteroatoms. The first-order valence-corrected chi connectivity index (χ1v) is 12.0. The van der Waals surface area contributed by atoms with E-state index in [2.05, 4.69) is 48.3 Å². The van der Waals surface area contributed by atoms with Crippen LogP contribution in [0.25, 0.3) is 21.8 Å². The number of piperazine rings is 1. The minimum absolute atomic E-state index is 0.501.